The molecule has 3 nitrogen and oxygen atoms in total. The molecule has 0 N–H and O–H groups in total. The minimum atomic E-state index is -0.125. The number of likely N-dealkylation sites (tertiary alicyclic amines) is 1. The lowest BCUT2D eigenvalue weighted by atomic mass is 9.99. The second-order valence-corrected chi connectivity index (χ2v) is 5.58. The SMILES string of the molecule is CCOC(=O)[C@H]1C2C=CC(C2)N1[C@H](C)c1ccccc1. The fourth-order valence-corrected chi connectivity index (χ4v) is 3.55. The Morgan fingerprint density at radius 1 is 1.35 bits per heavy atom. The van der Waals surface area contributed by atoms with Crippen LogP contribution >= 0.6 is 0 Å². The third kappa shape index (κ3) is 2.16. The zero-order valence-corrected chi connectivity index (χ0v) is 12.0. The van der Waals surface area contributed by atoms with Crippen LogP contribution < -0.4 is 0 Å². The molecule has 1 fully saturated rings. The number of carbonyl (C=O) groups excluding carboxylic acids is 1. The molecule has 2 bridgehead atoms. The highest BCUT2D eigenvalue weighted by Crippen LogP contribution is 2.42. The molecular weight excluding hydrogens is 250 g/mol. The van der Waals surface area contributed by atoms with Crippen LogP contribution in [0.4, 0.5) is 0 Å². The summed E-state index contributed by atoms with van der Waals surface area (Å²) in [6, 6.07) is 10.8. The monoisotopic (exact) mass is 271 g/mol. The van der Waals surface area contributed by atoms with Crippen molar-refractivity contribution in [1.82, 2.24) is 4.90 Å². The Bertz CT molecular complexity index is 511. The van der Waals surface area contributed by atoms with Gasteiger partial charge in [0.25, 0.3) is 0 Å². The highest BCUT2D eigenvalue weighted by atomic mass is 16.5. The molecule has 106 valence electrons. The number of fused-ring (bicyclic) bond motifs is 2. The predicted octanol–water partition coefficient (Wildman–Crippen LogP) is 2.94. The maximum absolute atomic E-state index is 12.3. The van der Waals surface area contributed by atoms with Crippen molar-refractivity contribution in [2.75, 3.05) is 6.61 Å². The highest BCUT2D eigenvalue weighted by molar-refractivity contribution is 5.77. The van der Waals surface area contributed by atoms with E-state index in [1.165, 1.54) is 5.56 Å². The number of nitrogens with zero attached hydrogens (tertiary/aromatic N) is 1. The summed E-state index contributed by atoms with van der Waals surface area (Å²) >= 11 is 0. The van der Waals surface area contributed by atoms with Gasteiger partial charge in [0.15, 0.2) is 0 Å². The van der Waals surface area contributed by atoms with Crippen LogP contribution in [0, 0.1) is 5.92 Å². The lowest BCUT2D eigenvalue weighted by Crippen LogP contribution is -2.46. The second-order valence-electron chi connectivity index (χ2n) is 5.58. The number of ether oxygens (including phenoxy) is 1. The van der Waals surface area contributed by atoms with Crippen molar-refractivity contribution in [2.24, 2.45) is 5.92 Å². The van der Waals surface area contributed by atoms with Crippen molar-refractivity contribution in [2.45, 2.75) is 38.4 Å². The molecular formula is C17H21NO2. The number of benzene rings is 1. The molecule has 3 heteroatoms. The maximum atomic E-state index is 12.3. The van der Waals surface area contributed by atoms with E-state index in [2.05, 4.69) is 48.2 Å². The summed E-state index contributed by atoms with van der Waals surface area (Å²) in [7, 11) is 0. The van der Waals surface area contributed by atoms with Crippen LogP contribution in [-0.4, -0.2) is 29.6 Å². The second kappa shape index (κ2) is 5.41. The number of hydrogen-bond acceptors (Lipinski definition) is 3. The first-order valence-electron chi connectivity index (χ1n) is 7.39. The summed E-state index contributed by atoms with van der Waals surface area (Å²) in [6.07, 6.45) is 5.46. The summed E-state index contributed by atoms with van der Waals surface area (Å²) in [6.45, 7) is 4.49. The van der Waals surface area contributed by atoms with Crippen molar-refractivity contribution in [3.63, 3.8) is 0 Å². The molecule has 0 spiro atoms. The van der Waals surface area contributed by atoms with Gasteiger partial charge >= 0.3 is 5.97 Å². The average Bonchev–Trinajstić information content (AvgIpc) is 3.08. The molecule has 1 heterocycles. The predicted molar refractivity (Wildman–Crippen MR) is 78.2 cm³/mol. The first kappa shape index (κ1) is 13.4. The molecule has 0 amide bonds. The zero-order valence-electron chi connectivity index (χ0n) is 12.0. The van der Waals surface area contributed by atoms with Gasteiger partial charge in [-0.2, -0.15) is 0 Å². The third-order valence-electron chi connectivity index (χ3n) is 4.46. The van der Waals surface area contributed by atoms with Gasteiger partial charge in [0.05, 0.1) is 6.61 Å². The van der Waals surface area contributed by atoms with Crippen molar-refractivity contribution in [1.29, 1.82) is 0 Å². The standard InChI is InChI=1S/C17H21NO2/c1-3-20-17(19)16-14-9-10-15(11-14)18(16)12(2)13-7-5-4-6-8-13/h4-10,12,14-16H,3,11H2,1-2H3/t12-,14?,15?,16-/m1/s1. The van der Waals surface area contributed by atoms with Gasteiger partial charge in [-0.25, -0.2) is 0 Å². The van der Waals surface area contributed by atoms with Gasteiger partial charge < -0.3 is 4.74 Å². The number of carbonyl (C=O) groups is 1. The van der Waals surface area contributed by atoms with Crippen molar-refractivity contribution < 1.29 is 9.53 Å². The topological polar surface area (TPSA) is 29.5 Å². The molecule has 1 aromatic carbocycles. The van der Waals surface area contributed by atoms with E-state index >= 15 is 0 Å². The summed E-state index contributed by atoms with van der Waals surface area (Å²) in [5, 5.41) is 0. The van der Waals surface area contributed by atoms with Crippen LogP contribution in [0.1, 0.15) is 31.9 Å². The fourth-order valence-electron chi connectivity index (χ4n) is 3.55. The fraction of sp³-hybridized carbons (Fsp3) is 0.471. The lowest BCUT2D eigenvalue weighted by Gasteiger charge is -2.36. The third-order valence-corrected chi connectivity index (χ3v) is 4.46. The van der Waals surface area contributed by atoms with Crippen LogP contribution in [-0.2, 0) is 9.53 Å². The Morgan fingerprint density at radius 2 is 2.10 bits per heavy atom. The summed E-state index contributed by atoms with van der Waals surface area (Å²) < 4.78 is 5.28. The van der Waals surface area contributed by atoms with Crippen LogP contribution in [0.3, 0.4) is 0 Å². The molecule has 0 saturated carbocycles. The van der Waals surface area contributed by atoms with Crippen molar-refractivity contribution in [3.8, 4) is 0 Å². The van der Waals surface area contributed by atoms with Gasteiger partial charge in [-0.05, 0) is 25.8 Å². The first-order valence-corrected chi connectivity index (χ1v) is 7.39. The smallest absolute Gasteiger partial charge is 0.323 e. The summed E-state index contributed by atoms with van der Waals surface area (Å²) in [4.78, 5) is 14.6. The Balaban J connectivity index is 1.87. The van der Waals surface area contributed by atoms with Crippen molar-refractivity contribution in [3.05, 3.63) is 48.0 Å². The minimum absolute atomic E-state index is 0.0767. The quantitative estimate of drug-likeness (QED) is 0.623. The van der Waals surface area contributed by atoms with Gasteiger partial charge in [-0.3, -0.25) is 9.69 Å². The van der Waals surface area contributed by atoms with E-state index < -0.39 is 0 Å². The molecule has 1 aliphatic carbocycles. The maximum Gasteiger partial charge on any atom is 0.323 e. The van der Waals surface area contributed by atoms with Gasteiger partial charge in [0.2, 0.25) is 0 Å². The zero-order chi connectivity index (χ0) is 14.1. The van der Waals surface area contributed by atoms with E-state index in [-0.39, 0.29) is 18.1 Å². The Hall–Kier alpha value is -1.61. The first-order chi connectivity index (χ1) is 9.72. The Labute approximate surface area is 120 Å². The molecule has 1 aromatic rings. The van der Waals surface area contributed by atoms with Gasteiger partial charge in [-0.15, -0.1) is 0 Å². The number of rotatable bonds is 4. The Morgan fingerprint density at radius 3 is 2.80 bits per heavy atom. The molecule has 20 heavy (non-hydrogen) atoms. The van der Waals surface area contributed by atoms with Crippen LogP contribution in [0.5, 0.6) is 0 Å². The van der Waals surface area contributed by atoms with E-state index in [4.69, 9.17) is 4.74 Å². The minimum Gasteiger partial charge on any atom is -0.465 e. The molecule has 0 aromatic heterocycles. The van der Waals surface area contributed by atoms with E-state index in [1.54, 1.807) is 0 Å². The van der Waals surface area contributed by atoms with E-state index in [9.17, 15) is 4.79 Å². The van der Waals surface area contributed by atoms with Crippen LogP contribution in [0.2, 0.25) is 0 Å². The largest absolute Gasteiger partial charge is 0.465 e. The van der Waals surface area contributed by atoms with Crippen molar-refractivity contribution >= 4 is 5.97 Å². The average molecular weight is 271 g/mol. The van der Waals surface area contributed by atoms with Crippen LogP contribution in [0.25, 0.3) is 0 Å². The summed E-state index contributed by atoms with van der Waals surface area (Å²) in [5.41, 5.74) is 1.25. The molecule has 4 atom stereocenters. The van der Waals surface area contributed by atoms with Gasteiger partial charge in [0.1, 0.15) is 6.04 Å². The molecule has 2 aliphatic rings. The number of hydrogen-bond donors (Lipinski definition) is 0. The van der Waals surface area contributed by atoms with E-state index in [0.29, 0.717) is 18.6 Å². The molecule has 2 unspecified atom stereocenters. The number of esters is 1. The van der Waals surface area contributed by atoms with Crippen LogP contribution in [0.15, 0.2) is 42.5 Å². The van der Waals surface area contributed by atoms with Gasteiger partial charge in [0, 0.05) is 18.0 Å². The summed E-state index contributed by atoms with van der Waals surface area (Å²) in [5.74, 6) is 0.234. The highest BCUT2D eigenvalue weighted by Gasteiger charge is 2.49. The molecule has 3 rings (SSSR count). The lowest BCUT2D eigenvalue weighted by molar-refractivity contribution is -0.150. The molecule has 1 saturated heterocycles. The normalized spacial score (nSPS) is 29.6. The molecule has 0 radical (unpaired) electrons. The Kier molecular flexibility index (Phi) is 3.62. The van der Waals surface area contributed by atoms with E-state index in [1.807, 2.05) is 13.0 Å². The van der Waals surface area contributed by atoms with E-state index in [0.717, 1.165) is 6.42 Å². The molecule has 1 aliphatic heterocycles. The van der Waals surface area contributed by atoms with Gasteiger partial charge in [-0.1, -0.05) is 42.5 Å².